The highest BCUT2D eigenvalue weighted by Gasteiger charge is 2.06. The van der Waals surface area contributed by atoms with Gasteiger partial charge >= 0.3 is 0 Å². The molecular formula is C9H9N5O. The quantitative estimate of drug-likeness (QED) is 0.742. The summed E-state index contributed by atoms with van der Waals surface area (Å²) in [6, 6.07) is 6.80. The van der Waals surface area contributed by atoms with Gasteiger partial charge in [0.25, 0.3) is 0 Å². The molecule has 76 valence electrons. The van der Waals surface area contributed by atoms with Gasteiger partial charge in [0, 0.05) is 18.2 Å². The number of benzene rings is 1. The van der Waals surface area contributed by atoms with E-state index in [2.05, 4.69) is 15.5 Å². The predicted octanol–water partition coefficient (Wildman–Crippen LogP) is -0.0240. The Balaban J connectivity index is 2.40. The van der Waals surface area contributed by atoms with Crippen LogP contribution in [0.3, 0.4) is 0 Å². The first-order valence-corrected chi connectivity index (χ1v) is 4.31. The third kappa shape index (κ3) is 1.69. The Kier molecular flexibility index (Phi) is 2.17. The van der Waals surface area contributed by atoms with E-state index < -0.39 is 5.91 Å². The van der Waals surface area contributed by atoms with Crippen LogP contribution in [-0.4, -0.2) is 26.1 Å². The second-order valence-electron chi connectivity index (χ2n) is 3.07. The topological polar surface area (TPSA) is 86.7 Å². The van der Waals surface area contributed by atoms with Gasteiger partial charge < -0.3 is 5.73 Å². The average Bonchev–Trinajstić information content (AvgIpc) is 2.65. The van der Waals surface area contributed by atoms with E-state index in [0.717, 1.165) is 5.56 Å². The molecule has 6 heteroatoms. The minimum Gasteiger partial charge on any atom is -0.366 e. The predicted molar refractivity (Wildman–Crippen MR) is 52.8 cm³/mol. The maximum atomic E-state index is 10.8. The highest BCUT2D eigenvalue weighted by molar-refractivity contribution is 5.93. The van der Waals surface area contributed by atoms with E-state index in [4.69, 9.17) is 5.73 Å². The smallest absolute Gasteiger partial charge is 0.248 e. The Morgan fingerprint density at radius 2 is 2.00 bits per heavy atom. The molecule has 15 heavy (non-hydrogen) atoms. The summed E-state index contributed by atoms with van der Waals surface area (Å²) in [5, 5.41) is 11.1. The standard InChI is InChI=1S/C9H9N5O/c1-14-9(11-12-13-14)7-4-2-6(3-5-7)8(10)15/h2-5H,1H3,(H2,10,15). The molecule has 2 aromatic rings. The number of primary amides is 1. The molecule has 2 N–H and O–H groups in total. The molecule has 1 aromatic carbocycles. The number of carbonyl (C=O) groups is 1. The van der Waals surface area contributed by atoms with Crippen molar-refractivity contribution in [3.8, 4) is 11.4 Å². The lowest BCUT2D eigenvalue weighted by atomic mass is 10.1. The first kappa shape index (κ1) is 9.32. The normalized spacial score (nSPS) is 10.2. The van der Waals surface area contributed by atoms with E-state index in [0.29, 0.717) is 11.4 Å². The molecule has 0 aliphatic carbocycles. The molecule has 6 nitrogen and oxygen atoms in total. The Bertz CT molecular complexity index is 487. The number of carbonyl (C=O) groups excluding carboxylic acids is 1. The lowest BCUT2D eigenvalue weighted by Gasteiger charge is -1.99. The maximum absolute atomic E-state index is 10.8. The van der Waals surface area contributed by atoms with Crippen molar-refractivity contribution in [2.45, 2.75) is 0 Å². The Morgan fingerprint density at radius 1 is 1.33 bits per heavy atom. The van der Waals surface area contributed by atoms with Gasteiger partial charge in [-0.25, -0.2) is 4.68 Å². The summed E-state index contributed by atoms with van der Waals surface area (Å²) in [6.45, 7) is 0. The zero-order chi connectivity index (χ0) is 10.8. The van der Waals surface area contributed by atoms with Crippen LogP contribution < -0.4 is 5.73 Å². The maximum Gasteiger partial charge on any atom is 0.248 e. The van der Waals surface area contributed by atoms with Gasteiger partial charge in [0.1, 0.15) is 0 Å². The number of hydrogen-bond acceptors (Lipinski definition) is 4. The summed E-state index contributed by atoms with van der Waals surface area (Å²) in [5.41, 5.74) is 6.43. The molecule has 0 bridgehead atoms. The molecule has 0 saturated carbocycles. The van der Waals surface area contributed by atoms with E-state index in [-0.39, 0.29) is 0 Å². The van der Waals surface area contributed by atoms with Gasteiger partial charge in [-0.1, -0.05) is 12.1 Å². The van der Waals surface area contributed by atoms with E-state index in [1.165, 1.54) is 0 Å². The highest BCUT2D eigenvalue weighted by Crippen LogP contribution is 2.15. The van der Waals surface area contributed by atoms with Crippen LogP contribution in [0.5, 0.6) is 0 Å². The SMILES string of the molecule is Cn1nnnc1-c1ccc(C(N)=O)cc1. The number of amides is 1. The first-order valence-electron chi connectivity index (χ1n) is 4.31. The van der Waals surface area contributed by atoms with Gasteiger partial charge in [0.15, 0.2) is 5.82 Å². The lowest BCUT2D eigenvalue weighted by molar-refractivity contribution is 0.100. The molecule has 2 rings (SSSR count). The largest absolute Gasteiger partial charge is 0.366 e. The van der Waals surface area contributed by atoms with Crippen molar-refractivity contribution in [3.05, 3.63) is 29.8 Å². The lowest BCUT2D eigenvalue weighted by Crippen LogP contribution is -2.10. The van der Waals surface area contributed by atoms with Crippen molar-refractivity contribution in [2.24, 2.45) is 12.8 Å². The van der Waals surface area contributed by atoms with Crippen LogP contribution in [0, 0.1) is 0 Å². The van der Waals surface area contributed by atoms with Crippen molar-refractivity contribution in [1.82, 2.24) is 20.2 Å². The molecular weight excluding hydrogens is 194 g/mol. The molecule has 0 atom stereocenters. The third-order valence-electron chi connectivity index (χ3n) is 2.05. The van der Waals surface area contributed by atoms with E-state index in [9.17, 15) is 4.79 Å². The number of tetrazole rings is 1. The number of aromatic nitrogens is 4. The van der Waals surface area contributed by atoms with Crippen molar-refractivity contribution in [3.63, 3.8) is 0 Å². The molecule has 0 unspecified atom stereocenters. The third-order valence-corrected chi connectivity index (χ3v) is 2.05. The van der Waals surface area contributed by atoms with Crippen LogP contribution in [0.2, 0.25) is 0 Å². The number of rotatable bonds is 2. The second kappa shape index (κ2) is 3.49. The number of hydrogen-bond donors (Lipinski definition) is 1. The van der Waals surface area contributed by atoms with Crippen molar-refractivity contribution in [1.29, 1.82) is 0 Å². The molecule has 0 fully saturated rings. The van der Waals surface area contributed by atoms with Crippen LogP contribution in [0.4, 0.5) is 0 Å². The molecule has 1 heterocycles. The number of nitrogens with two attached hydrogens (primary N) is 1. The molecule has 0 saturated heterocycles. The summed E-state index contributed by atoms with van der Waals surface area (Å²) in [7, 11) is 1.75. The minimum absolute atomic E-state index is 0.447. The molecule has 0 aliphatic rings. The summed E-state index contributed by atoms with van der Waals surface area (Å²) >= 11 is 0. The van der Waals surface area contributed by atoms with Gasteiger partial charge in [0.05, 0.1) is 0 Å². The van der Waals surface area contributed by atoms with Gasteiger partial charge in [-0.05, 0) is 22.6 Å². The van der Waals surface area contributed by atoms with Gasteiger partial charge in [-0.3, -0.25) is 4.79 Å². The van der Waals surface area contributed by atoms with E-state index >= 15 is 0 Å². The Morgan fingerprint density at radius 3 is 2.47 bits per heavy atom. The molecule has 0 spiro atoms. The zero-order valence-electron chi connectivity index (χ0n) is 8.08. The van der Waals surface area contributed by atoms with Crippen LogP contribution in [0.15, 0.2) is 24.3 Å². The fourth-order valence-corrected chi connectivity index (χ4v) is 1.26. The van der Waals surface area contributed by atoms with Crippen LogP contribution in [-0.2, 0) is 7.05 Å². The fraction of sp³-hybridized carbons (Fsp3) is 0.111. The zero-order valence-corrected chi connectivity index (χ0v) is 8.08. The fourth-order valence-electron chi connectivity index (χ4n) is 1.26. The number of nitrogens with zero attached hydrogens (tertiary/aromatic N) is 4. The van der Waals surface area contributed by atoms with Gasteiger partial charge in [-0.15, -0.1) is 5.10 Å². The summed E-state index contributed by atoms with van der Waals surface area (Å²) in [6.07, 6.45) is 0. The van der Waals surface area contributed by atoms with Crippen molar-refractivity contribution in [2.75, 3.05) is 0 Å². The van der Waals surface area contributed by atoms with Gasteiger partial charge in [0.2, 0.25) is 5.91 Å². The number of aryl methyl sites for hydroxylation is 1. The second-order valence-corrected chi connectivity index (χ2v) is 3.07. The molecule has 1 aromatic heterocycles. The molecule has 0 aliphatic heterocycles. The van der Waals surface area contributed by atoms with Crippen molar-refractivity contribution < 1.29 is 4.79 Å². The van der Waals surface area contributed by atoms with Gasteiger partial charge in [-0.2, -0.15) is 0 Å². The first-order chi connectivity index (χ1) is 7.18. The van der Waals surface area contributed by atoms with E-state index in [1.807, 2.05) is 0 Å². The molecule has 0 radical (unpaired) electrons. The Labute approximate surface area is 85.7 Å². The minimum atomic E-state index is -0.447. The van der Waals surface area contributed by atoms with Crippen LogP contribution in [0.25, 0.3) is 11.4 Å². The van der Waals surface area contributed by atoms with Crippen LogP contribution in [0.1, 0.15) is 10.4 Å². The van der Waals surface area contributed by atoms with Crippen LogP contribution >= 0.6 is 0 Å². The van der Waals surface area contributed by atoms with E-state index in [1.54, 1.807) is 36.0 Å². The Hall–Kier alpha value is -2.24. The summed E-state index contributed by atoms with van der Waals surface area (Å²) in [5.74, 6) is 0.198. The average molecular weight is 203 g/mol. The molecule has 1 amide bonds. The summed E-state index contributed by atoms with van der Waals surface area (Å²) < 4.78 is 1.55. The summed E-state index contributed by atoms with van der Waals surface area (Å²) in [4.78, 5) is 10.8. The highest BCUT2D eigenvalue weighted by atomic mass is 16.1. The monoisotopic (exact) mass is 203 g/mol. The van der Waals surface area contributed by atoms with Crippen molar-refractivity contribution >= 4 is 5.91 Å².